The van der Waals surface area contributed by atoms with Gasteiger partial charge in [-0.15, -0.1) is 0 Å². The molecule has 2 atom stereocenters. The molecule has 1 aliphatic heterocycles. The molecule has 2 unspecified atom stereocenters. The first kappa shape index (κ1) is 14.4. The third-order valence-corrected chi connectivity index (χ3v) is 4.10. The number of rotatable bonds is 4. The van der Waals surface area contributed by atoms with Crippen LogP contribution in [0.25, 0.3) is 0 Å². The van der Waals surface area contributed by atoms with E-state index in [0.717, 1.165) is 19.4 Å². The lowest BCUT2D eigenvalue weighted by Crippen LogP contribution is -2.49. The summed E-state index contributed by atoms with van der Waals surface area (Å²) in [4.78, 5) is 2.27. The number of benzene rings is 1. The van der Waals surface area contributed by atoms with Crippen LogP contribution in [0.3, 0.4) is 0 Å². The Hall–Kier alpha value is -1.00. The summed E-state index contributed by atoms with van der Waals surface area (Å²) in [7, 11) is 1.94. The fourth-order valence-electron chi connectivity index (χ4n) is 2.86. The second kappa shape index (κ2) is 6.44. The van der Waals surface area contributed by atoms with E-state index >= 15 is 0 Å². The van der Waals surface area contributed by atoms with Crippen molar-refractivity contribution in [1.29, 1.82) is 0 Å². The topological polar surface area (TPSA) is 15.3 Å². The Kier molecular flexibility index (Phi) is 4.88. The van der Waals surface area contributed by atoms with Gasteiger partial charge in [-0.05, 0) is 39.4 Å². The van der Waals surface area contributed by atoms with Crippen LogP contribution in [0.2, 0.25) is 0 Å². The molecule has 0 saturated carbocycles. The molecular formula is C15H22F2N2. The first-order chi connectivity index (χ1) is 9.13. The van der Waals surface area contributed by atoms with Gasteiger partial charge in [0, 0.05) is 24.2 Å². The van der Waals surface area contributed by atoms with Crippen LogP contribution in [-0.4, -0.2) is 30.6 Å². The molecule has 0 bridgehead atoms. The summed E-state index contributed by atoms with van der Waals surface area (Å²) in [5.41, 5.74) is 0.454. The van der Waals surface area contributed by atoms with E-state index in [-0.39, 0.29) is 0 Å². The van der Waals surface area contributed by atoms with Gasteiger partial charge in [-0.25, -0.2) is 8.78 Å². The fourth-order valence-corrected chi connectivity index (χ4v) is 2.86. The monoisotopic (exact) mass is 268 g/mol. The molecule has 106 valence electrons. The quantitative estimate of drug-likeness (QED) is 0.903. The lowest BCUT2D eigenvalue weighted by Gasteiger charge is -2.39. The van der Waals surface area contributed by atoms with Crippen LogP contribution in [0.1, 0.15) is 31.7 Å². The van der Waals surface area contributed by atoms with Gasteiger partial charge < -0.3 is 5.32 Å². The lowest BCUT2D eigenvalue weighted by atomic mass is 9.96. The van der Waals surface area contributed by atoms with Crippen molar-refractivity contribution in [2.75, 3.05) is 13.6 Å². The van der Waals surface area contributed by atoms with Crippen LogP contribution in [0.5, 0.6) is 0 Å². The predicted molar refractivity (Wildman–Crippen MR) is 72.9 cm³/mol. The number of halogens is 2. The smallest absolute Gasteiger partial charge is 0.163 e. The maximum absolute atomic E-state index is 13.7. The highest BCUT2D eigenvalue weighted by molar-refractivity contribution is 5.19. The Morgan fingerprint density at radius 3 is 2.89 bits per heavy atom. The standard InChI is InChI=1S/C15H22F2N2/c1-11(18-2)14-8-3-4-9-19(14)10-12-6-5-7-13(16)15(12)17/h5-7,11,14,18H,3-4,8-10H2,1-2H3. The van der Waals surface area contributed by atoms with E-state index in [9.17, 15) is 8.78 Å². The molecule has 4 heteroatoms. The van der Waals surface area contributed by atoms with Crippen molar-refractivity contribution < 1.29 is 8.78 Å². The van der Waals surface area contributed by atoms with Gasteiger partial charge in [0.2, 0.25) is 0 Å². The summed E-state index contributed by atoms with van der Waals surface area (Å²) >= 11 is 0. The molecule has 0 aliphatic carbocycles. The van der Waals surface area contributed by atoms with Crippen molar-refractivity contribution in [3.63, 3.8) is 0 Å². The van der Waals surface area contributed by atoms with Crippen LogP contribution in [0.15, 0.2) is 18.2 Å². The van der Waals surface area contributed by atoms with E-state index in [1.807, 2.05) is 7.05 Å². The molecule has 1 N–H and O–H groups in total. The van der Waals surface area contributed by atoms with Crippen LogP contribution in [0.4, 0.5) is 8.78 Å². The van der Waals surface area contributed by atoms with Crippen molar-refractivity contribution in [3.8, 4) is 0 Å². The van der Waals surface area contributed by atoms with E-state index in [4.69, 9.17) is 0 Å². The van der Waals surface area contributed by atoms with Crippen LogP contribution < -0.4 is 5.32 Å². The zero-order chi connectivity index (χ0) is 13.8. The minimum absolute atomic E-state index is 0.358. The molecule has 0 aromatic heterocycles. The Balaban J connectivity index is 2.13. The number of nitrogens with zero attached hydrogens (tertiary/aromatic N) is 1. The Morgan fingerprint density at radius 2 is 2.16 bits per heavy atom. The molecule has 0 spiro atoms. The summed E-state index contributed by atoms with van der Waals surface area (Å²) in [5, 5.41) is 3.27. The summed E-state index contributed by atoms with van der Waals surface area (Å²) in [6.07, 6.45) is 3.45. The molecule has 1 saturated heterocycles. The fraction of sp³-hybridized carbons (Fsp3) is 0.600. The van der Waals surface area contributed by atoms with E-state index in [1.165, 1.54) is 12.5 Å². The van der Waals surface area contributed by atoms with Crippen molar-refractivity contribution in [1.82, 2.24) is 10.2 Å². The normalized spacial score (nSPS) is 22.4. The first-order valence-corrected chi connectivity index (χ1v) is 6.97. The SMILES string of the molecule is CNC(C)C1CCCCN1Cc1cccc(F)c1F. The molecule has 1 aromatic carbocycles. The van der Waals surface area contributed by atoms with Crippen molar-refractivity contribution in [2.24, 2.45) is 0 Å². The predicted octanol–water partition coefficient (Wildman–Crippen LogP) is 2.93. The molecular weight excluding hydrogens is 246 g/mol. The molecule has 1 aliphatic rings. The highest BCUT2D eigenvalue weighted by Crippen LogP contribution is 2.23. The second-order valence-corrected chi connectivity index (χ2v) is 5.32. The molecule has 19 heavy (non-hydrogen) atoms. The molecule has 1 aromatic rings. The van der Waals surface area contributed by atoms with E-state index < -0.39 is 11.6 Å². The molecule has 2 rings (SSSR count). The maximum atomic E-state index is 13.7. The molecule has 1 fully saturated rings. The van der Waals surface area contributed by atoms with Gasteiger partial charge in [0.1, 0.15) is 0 Å². The molecule has 1 heterocycles. The van der Waals surface area contributed by atoms with Gasteiger partial charge in [0.15, 0.2) is 11.6 Å². The molecule has 0 radical (unpaired) electrons. The van der Waals surface area contributed by atoms with E-state index in [1.54, 1.807) is 12.1 Å². The van der Waals surface area contributed by atoms with Crippen LogP contribution >= 0.6 is 0 Å². The van der Waals surface area contributed by atoms with Crippen LogP contribution in [0, 0.1) is 11.6 Å². The zero-order valence-corrected chi connectivity index (χ0v) is 11.6. The average Bonchev–Trinajstić information content (AvgIpc) is 2.43. The Bertz CT molecular complexity index is 423. The van der Waals surface area contributed by atoms with Crippen molar-refractivity contribution >= 4 is 0 Å². The van der Waals surface area contributed by atoms with Crippen molar-refractivity contribution in [2.45, 2.75) is 44.8 Å². The first-order valence-electron chi connectivity index (χ1n) is 6.97. The van der Waals surface area contributed by atoms with Gasteiger partial charge in [-0.1, -0.05) is 18.6 Å². The minimum atomic E-state index is -0.757. The number of likely N-dealkylation sites (N-methyl/N-ethyl adjacent to an activating group) is 1. The molecule has 2 nitrogen and oxygen atoms in total. The van der Waals surface area contributed by atoms with Gasteiger partial charge in [-0.3, -0.25) is 4.90 Å². The van der Waals surface area contributed by atoms with Gasteiger partial charge in [-0.2, -0.15) is 0 Å². The maximum Gasteiger partial charge on any atom is 0.163 e. The summed E-state index contributed by atoms with van der Waals surface area (Å²) in [5.74, 6) is -1.46. The largest absolute Gasteiger partial charge is 0.316 e. The van der Waals surface area contributed by atoms with E-state index in [2.05, 4.69) is 17.1 Å². The Morgan fingerprint density at radius 1 is 1.37 bits per heavy atom. The van der Waals surface area contributed by atoms with Crippen LogP contribution in [-0.2, 0) is 6.54 Å². The highest BCUT2D eigenvalue weighted by Gasteiger charge is 2.27. The average molecular weight is 268 g/mol. The summed E-state index contributed by atoms with van der Waals surface area (Å²) in [6, 6.07) is 5.17. The molecule has 0 amide bonds. The Labute approximate surface area is 113 Å². The van der Waals surface area contributed by atoms with Gasteiger partial charge in [0.05, 0.1) is 0 Å². The number of hydrogen-bond acceptors (Lipinski definition) is 2. The second-order valence-electron chi connectivity index (χ2n) is 5.32. The number of piperidine rings is 1. The summed E-state index contributed by atoms with van der Waals surface area (Å²) in [6.45, 7) is 3.58. The zero-order valence-electron chi connectivity index (χ0n) is 11.6. The lowest BCUT2D eigenvalue weighted by molar-refractivity contribution is 0.112. The minimum Gasteiger partial charge on any atom is -0.316 e. The number of likely N-dealkylation sites (tertiary alicyclic amines) is 1. The van der Waals surface area contributed by atoms with Crippen molar-refractivity contribution in [3.05, 3.63) is 35.4 Å². The highest BCUT2D eigenvalue weighted by atomic mass is 19.2. The van der Waals surface area contributed by atoms with E-state index in [0.29, 0.717) is 24.2 Å². The third kappa shape index (κ3) is 3.31. The summed E-state index contributed by atoms with van der Waals surface area (Å²) < 4.78 is 27.0. The number of nitrogens with one attached hydrogen (secondary N) is 1. The van der Waals surface area contributed by atoms with Gasteiger partial charge >= 0.3 is 0 Å². The number of hydrogen-bond donors (Lipinski definition) is 1. The third-order valence-electron chi connectivity index (χ3n) is 4.10. The van der Waals surface area contributed by atoms with Gasteiger partial charge in [0.25, 0.3) is 0 Å².